The molecule has 1 saturated heterocycles. The lowest BCUT2D eigenvalue weighted by Gasteiger charge is -2.34. The Bertz CT molecular complexity index is 535. The average molecular weight is 321 g/mol. The molecule has 128 valence electrons. The minimum Gasteiger partial charge on any atom is -0.357 e. The van der Waals surface area contributed by atoms with E-state index < -0.39 is 0 Å². The number of nitrogens with one attached hydrogen (secondary N) is 2. The predicted molar refractivity (Wildman–Crippen MR) is 86.8 cm³/mol. The van der Waals surface area contributed by atoms with Crippen LogP contribution in [0.1, 0.15) is 38.2 Å². The Morgan fingerprint density at radius 1 is 1.39 bits per heavy atom. The fourth-order valence-electron chi connectivity index (χ4n) is 3.30. The van der Waals surface area contributed by atoms with E-state index in [1.807, 2.05) is 30.1 Å². The predicted octanol–water partition coefficient (Wildman–Crippen LogP) is 2.15. The Balaban J connectivity index is 1.36. The largest absolute Gasteiger partial charge is 0.357 e. The van der Waals surface area contributed by atoms with Gasteiger partial charge in [-0.3, -0.25) is 0 Å². The summed E-state index contributed by atoms with van der Waals surface area (Å²) in [4.78, 5) is 11.9. The van der Waals surface area contributed by atoms with E-state index in [0.717, 1.165) is 37.2 Å². The molecule has 3 rings (SSSR count). The van der Waals surface area contributed by atoms with Crippen LogP contribution < -0.4 is 10.6 Å². The fourth-order valence-corrected chi connectivity index (χ4v) is 3.30. The van der Waals surface area contributed by atoms with Gasteiger partial charge in [0, 0.05) is 45.4 Å². The van der Waals surface area contributed by atoms with Crippen molar-refractivity contribution in [2.75, 3.05) is 13.2 Å². The summed E-state index contributed by atoms with van der Waals surface area (Å²) >= 11 is 0. The van der Waals surface area contributed by atoms with Crippen molar-refractivity contribution in [3.63, 3.8) is 0 Å². The molecule has 2 amide bonds. The highest BCUT2D eigenvalue weighted by Gasteiger charge is 2.43. The first-order chi connectivity index (χ1) is 11.0. The Labute approximate surface area is 137 Å². The SMILES string of the molecule is CC1CCC2(CC1)OC[C@@H](CNC(=O)NCc1ccn(C)c1)O2. The smallest absolute Gasteiger partial charge is 0.315 e. The summed E-state index contributed by atoms with van der Waals surface area (Å²) < 4.78 is 14.0. The number of nitrogens with zero attached hydrogens (tertiary/aromatic N) is 1. The second-order valence-electron chi connectivity index (χ2n) is 6.89. The van der Waals surface area contributed by atoms with Crippen LogP contribution in [0.15, 0.2) is 18.5 Å². The van der Waals surface area contributed by atoms with E-state index >= 15 is 0 Å². The quantitative estimate of drug-likeness (QED) is 0.893. The molecule has 2 N–H and O–H groups in total. The van der Waals surface area contributed by atoms with Gasteiger partial charge in [-0.05, 0) is 30.4 Å². The molecule has 0 aromatic carbocycles. The Hall–Kier alpha value is -1.53. The van der Waals surface area contributed by atoms with Crippen molar-refractivity contribution in [1.29, 1.82) is 0 Å². The minimum absolute atomic E-state index is 0.0501. The molecule has 2 aliphatic rings. The van der Waals surface area contributed by atoms with Crippen LogP contribution >= 0.6 is 0 Å². The topological polar surface area (TPSA) is 64.5 Å². The van der Waals surface area contributed by atoms with Crippen LogP contribution in [0, 0.1) is 5.92 Å². The third-order valence-electron chi connectivity index (χ3n) is 4.79. The van der Waals surface area contributed by atoms with E-state index in [0.29, 0.717) is 19.7 Å². The van der Waals surface area contributed by atoms with Crippen LogP contribution in [0.5, 0.6) is 0 Å². The van der Waals surface area contributed by atoms with Crippen LogP contribution in [0.2, 0.25) is 0 Å². The van der Waals surface area contributed by atoms with Gasteiger partial charge in [-0.1, -0.05) is 6.92 Å². The second kappa shape index (κ2) is 6.93. The number of hydrogen-bond acceptors (Lipinski definition) is 3. The Kier molecular flexibility index (Phi) is 4.92. The van der Waals surface area contributed by atoms with E-state index in [2.05, 4.69) is 17.6 Å². The fraction of sp³-hybridized carbons (Fsp3) is 0.706. The number of rotatable bonds is 4. The number of ether oxygens (including phenoxy) is 2. The van der Waals surface area contributed by atoms with Gasteiger partial charge >= 0.3 is 6.03 Å². The molecule has 0 bridgehead atoms. The van der Waals surface area contributed by atoms with Gasteiger partial charge in [0.2, 0.25) is 0 Å². The molecular weight excluding hydrogens is 294 g/mol. The number of carbonyl (C=O) groups is 1. The third kappa shape index (κ3) is 4.26. The van der Waals surface area contributed by atoms with Gasteiger partial charge < -0.3 is 24.7 Å². The molecule has 1 aromatic heterocycles. The highest BCUT2D eigenvalue weighted by Crippen LogP contribution is 2.39. The number of hydrogen-bond donors (Lipinski definition) is 2. The zero-order chi connectivity index (χ0) is 16.3. The van der Waals surface area contributed by atoms with E-state index in [1.165, 1.54) is 0 Å². The Morgan fingerprint density at radius 3 is 2.87 bits per heavy atom. The van der Waals surface area contributed by atoms with Crippen molar-refractivity contribution in [2.24, 2.45) is 13.0 Å². The van der Waals surface area contributed by atoms with E-state index in [-0.39, 0.29) is 17.9 Å². The van der Waals surface area contributed by atoms with Crippen LogP contribution in [-0.2, 0) is 23.1 Å². The maximum atomic E-state index is 11.9. The van der Waals surface area contributed by atoms with Gasteiger partial charge in [0.15, 0.2) is 5.79 Å². The maximum absolute atomic E-state index is 11.9. The van der Waals surface area contributed by atoms with Crippen molar-refractivity contribution in [2.45, 2.75) is 51.0 Å². The molecule has 6 heteroatoms. The normalized spacial score (nSPS) is 30.5. The molecule has 1 aliphatic heterocycles. The zero-order valence-corrected chi connectivity index (χ0v) is 14.0. The van der Waals surface area contributed by atoms with Gasteiger partial charge in [-0.15, -0.1) is 0 Å². The van der Waals surface area contributed by atoms with Gasteiger partial charge in [-0.2, -0.15) is 0 Å². The number of carbonyl (C=O) groups excluding carboxylic acids is 1. The molecule has 2 fully saturated rings. The molecule has 1 aromatic rings. The van der Waals surface area contributed by atoms with Crippen molar-refractivity contribution in [3.8, 4) is 0 Å². The van der Waals surface area contributed by atoms with Crippen molar-refractivity contribution < 1.29 is 14.3 Å². The monoisotopic (exact) mass is 321 g/mol. The van der Waals surface area contributed by atoms with Crippen LogP contribution in [0.25, 0.3) is 0 Å². The number of aryl methyl sites for hydroxylation is 1. The van der Waals surface area contributed by atoms with Gasteiger partial charge in [0.05, 0.1) is 6.61 Å². The van der Waals surface area contributed by atoms with E-state index in [9.17, 15) is 4.79 Å². The molecule has 1 aliphatic carbocycles. The van der Waals surface area contributed by atoms with E-state index in [4.69, 9.17) is 9.47 Å². The summed E-state index contributed by atoms with van der Waals surface area (Å²) in [5.74, 6) is 0.369. The number of aromatic nitrogens is 1. The first kappa shape index (κ1) is 16.3. The molecule has 23 heavy (non-hydrogen) atoms. The molecular formula is C17H27N3O3. The number of urea groups is 1. The van der Waals surface area contributed by atoms with Gasteiger partial charge in [0.1, 0.15) is 6.10 Å². The second-order valence-corrected chi connectivity index (χ2v) is 6.89. The molecule has 1 spiro atoms. The highest BCUT2D eigenvalue weighted by molar-refractivity contribution is 5.73. The lowest BCUT2D eigenvalue weighted by Crippen LogP contribution is -2.41. The van der Waals surface area contributed by atoms with Gasteiger partial charge in [-0.25, -0.2) is 4.79 Å². The Morgan fingerprint density at radius 2 is 2.17 bits per heavy atom. The van der Waals surface area contributed by atoms with Crippen LogP contribution in [0.3, 0.4) is 0 Å². The molecule has 1 atom stereocenters. The van der Waals surface area contributed by atoms with Gasteiger partial charge in [0.25, 0.3) is 0 Å². The number of amides is 2. The summed E-state index contributed by atoms with van der Waals surface area (Å²) in [5, 5.41) is 5.72. The summed E-state index contributed by atoms with van der Waals surface area (Å²) in [6.07, 6.45) is 8.13. The summed E-state index contributed by atoms with van der Waals surface area (Å²) in [7, 11) is 1.96. The van der Waals surface area contributed by atoms with Crippen LogP contribution in [-0.4, -0.2) is 35.6 Å². The molecule has 0 unspecified atom stereocenters. The van der Waals surface area contributed by atoms with Crippen LogP contribution in [0.4, 0.5) is 4.79 Å². The summed E-state index contributed by atoms with van der Waals surface area (Å²) in [5.41, 5.74) is 1.08. The third-order valence-corrected chi connectivity index (χ3v) is 4.79. The lowest BCUT2D eigenvalue weighted by molar-refractivity contribution is -0.191. The summed E-state index contributed by atoms with van der Waals surface area (Å²) in [6.45, 7) is 3.85. The molecule has 2 heterocycles. The van der Waals surface area contributed by atoms with Crippen molar-refractivity contribution in [1.82, 2.24) is 15.2 Å². The molecule has 6 nitrogen and oxygen atoms in total. The first-order valence-corrected chi connectivity index (χ1v) is 8.49. The highest BCUT2D eigenvalue weighted by atomic mass is 16.7. The van der Waals surface area contributed by atoms with Crippen molar-refractivity contribution >= 4 is 6.03 Å². The van der Waals surface area contributed by atoms with Crippen molar-refractivity contribution in [3.05, 3.63) is 24.0 Å². The zero-order valence-electron chi connectivity index (χ0n) is 14.0. The maximum Gasteiger partial charge on any atom is 0.315 e. The standard InChI is InChI=1S/C17H27N3O3/c1-13-3-6-17(7-4-13)22-12-15(23-17)10-19-16(21)18-9-14-5-8-20(2)11-14/h5,8,11,13,15H,3-4,6-7,9-10,12H2,1-2H3,(H2,18,19,21)/t13?,15-,17?/m1/s1. The van der Waals surface area contributed by atoms with E-state index in [1.54, 1.807) is 0 Å². The average Bonchev–Trinajstić information content (AvgIpc) is 3.13. The molecule has 1 saturated carbocycles. The summed E-state index contributed by atoms with van der Waals surface area (Å²) in [6, 6.07) is 1.82. The minimum atomic E-state index is -0.390. The lowest BCUT2D eigenvalue weighted by atomic mass is 9.86. The first-order valence-electron chi connectivity index (χ1n) is 8.49. The molecule has 0 radical (unpaired) electrons.